The molecule has 1 unspecified atom stereocenters. The van der Waals surface area contributed by atoms with Gasteiger partial charge in [0.1, 0.15) is 19.3 Å². The van der Waals surface area contributed by atoms with Gasteiger partial charge < -0.3 is 19.5 Å². The van der Waals surface area contributed by atoms with E-state index in [-0.39, 0.29) is 19.1 Å². The molecule has 2 aromatic rings. The number of amides is 1. The first-order chi connectivity index (χ1) is 15.1. The number of hydrogen-bond acceptors (Lipinski definition) is 4. The number of ether oxygens (including phenoxy) is 3. The number of rotatable bonds is 12. The fraction of sp³-hybridized carbons (Fsp3) is 0.320. The minimum absolute atomic E-state index is 0.0784. The molecule has 31 heavy (non-hydrogen) atoms. The van der Waals surface area contributed by atoms with Crippen molar-refractivity contribution in [1.29, 1.82) is 0 Å². The molecule has 6 heteroatoms. The summed E-state index contributed by atoms with van der Waals surface area (Å²) < 4.78 is 16.4. The molecule has 0 aliphatic heterocycles. The predicted molar refractivity (Wildman–Crippen MR) is 122 cm³/mol. The molecule has 0 heterocycles. The van der Waals surface area contributed by atoms with Crippen molar-refractivity contribution in [2.75, 3.05) is 26.9 Å². The Hall–Kier alpha value is -3.12. The van der Waals surface area contributed by atoms with E-state index >= 15 is 0 Å². The molecule has 0 bridgehead atoms. The second-order valence-corrected chi connectivity index (χ2v) is 7.12. The van der Waals surface area contributed by atoms with Gasteiger partial charge in [0.2, 0.25) is 5.91 Å². The number of carbonyl (C=O) groups is 1. The Balaban J connectivity index is 1.89. The lowest BCUT2D eigenvalue weighted by Gasteiger charge is -2.17. The van der Waals surface area contributed by atoms with Gasteiger partial charge in [-0.15, -0.1) is 12.8 Å². The van der Waals surface area contributed by atoms with Gasteiger partial charge in [0, 0.05) is 11.6 Å². The number of terminal acetylenes is 2. The summed E-state index contributed by atoms with van der Waals surface area (Å²) in [4.78, 5) is 12.6. The van der Waals surface area contributed by atoms with Gasteiger partial charge in [0.25, 0.3) is 0 Å². The van der Waals surface area contributed by atoms with Crippen molar-refractivity contribution in [3.8, 4) is 36.2 Å². The monoisotopic (exact) mass is 439 g/mol. The van der Waals surface area contributed by atoms with E-state index in [1.807, 2.05) is 36.4 Å². The Kier molecular flexibility index (Phi) is 10.3. The summed E-state index contributed by atoms with van der Waals surface area (Å²) in [6.07, 6.45) is 11.7. The van der Waals surface area contributed by atoms with Crippen molar-refractivity contribution < 1.29 is 19.0 Å². The highest BCUT2D eigenvalue weighted by atomic mass is 35.5. The summed E-state index contributed by atoms with van der Waals surface area (Å²) in [5.74, 6) is 5.82. The Morgan fingerprint density at radius 3 is 2.42 bits per heavy atom. The lowest BCUT2D eigenvalue weighted by molar-refractivity contribution is -0.132. The highest BCUT2D eigenvalue weighted by Crippen LogP contribution is 2.28. The number of halogens is 1. The number of hydrogen-bond donors (Lipinski definition) is 1. The number of nitrogens with one attached hydrogen (secondary N) is 1. The van der Waals surface area contributed by atoms with Crippen LogP contribution in [-0.2, 0) is 22.4 Å². The van der Waals surface area contributed by atoms with Crippen LogP contribution in [0.15, 0.2) is 42.5 Å². The maximum Gasteiger partial charge on any atom is 0.249 e. The summed E-state index contributed by atoms with van der Waals surface area (Å²) in [5.41, 5.74) is 2.07. The topological polar surface area (TPSA) is 56.8 Å². The Bertz CT molecular complexity index is 928. The van der Waals surface area contributed by atoms with Gasteiger partial charge in [-0.05, 0) is 54.7 Å². The Morgan fingerprint density at radius 1 is 1.03 bits per heavy atom. The molecule has 162 valence electrons. The van der Waals surface area contributed by atoms with Crippen molar-refractivity contribution in [3.63, 3.8) is 0 Å². The van der Waals surface area contributed by atoms with Gasteiger partial charge in [0.15, 0.2) is 11.5 Å². The van der Waals surface area contributed by atoms with Gasteiger partial charge >= 0.3 is 0 Å². The van der Waals surface area contributed by atoms with Crippen molar-refractivity contribution >= 4 is 17.5 Å². The summed E-state index contributed by atoms with van der Waals surface area (Å²) >= 11 is 5.92. The SMILES string of the molecule is C#CCOc1ccc(CCNC(=O)C(CCc2ccc(Cl)cc2)OCC#C)cc1OC. The molecule has 0 aliphatic carbocycles. The molecule has 5 nitrogen and oxygen atoms in total. The van der Waals surface area contributed by atoms with Crippen molar-refractivity contribution in [2.45, 2.75) is 25.4 Å². The Labute approximate surface area is 189 Å². The summed E-state index contributed by atoms with van der Waals surface area (Å²) in [6, 6.07) is 13.1. The molecule has 2 aromatic carbocycles. The highest BCUT2D eigenvalue weighted by molar-refractivity contribution is 6.30. The lowest BCUT2D eigenvalue weighted by atomic mass is 10.1. The van der Waals surface area contributed by atoms with Crippen LogP contribution in [-0.4, -0.2) is 38.9 Å². The van der Waals surface area contributed by atoms with Crippen LogP contribution in [0.5, 0.6) is 11.5 Å². The van der Waals surface area contributed by atoms with E-state index in [0.717, 1.165) is 11.1 Å². The van der Waals surface area contributed by atoms with Crippen molar-refractivity contribution in [2.24, 2.45) is 0 Å². The first-order valence-electron chi connectivity index (χ1n) is 9.87. The van der Waals surface area contributed by atoms with Gasteiger partial charge in [0.05, 0.1) is 7.11 Å². The van der Waals surface area contributed by atoms with E-state index in [2.05, 4.69) is 17.2 Å². The minimum Gasteiger partial charge on any atom is -0.493 e. The van der Waals surface area contributed by atoms with Crippen LogP contribution in [0.3, 0.4) is 0 Å². The van der Waals surface area contributed by atoms with Gasteiger partial charge in [-0.1, -0.05) is 41.6 Å². The minimum atomic E-state index is -0.624. The van der Waals surface area contributed by atoms with Crippen molar-refractivity contribution in [1.82, 2.24) is 5.32 Å². The average Bonchev–Trinajstić information content (AvgIpc) is 2.79. The highest BCUT2D eigenvalue weighted by Gasteiger charge is 2.18. The molecule has 2 rings (SSSR count). The van der Waals surface area contributed by atoms with E-state index in [1.54, 1.807) is 13.2 Å². The molecule has 1 N–H and O–H groups in total. The number of aryl methyl sites for hydroxylation is 1. The zero-order valence-corrected chi connectivity index (χ0v) is 18.3. The molecular formula is C25H26ClNO4. The zero-order chi connectivity index (χ0) is 22.5. The molecule has 0 radical (unpaired) electrons. The summed E-state index contributed by atoms with van der Waals surface area (Å²) in [7, 11) is 1.57. The average molecular weight is 440 g/mol. The Morgan fingerprint density at radius 2 is 1.74 bits per heavy atom. The summed E-state index contributed by atoms with van der Waals surface area (Å²) in [5, 5.41) is 3.59. The van der Waals surface area contributed by atoms with Crippen LogP contribution in [0.25, 0.3) is 0 Å². The molecule has 0 saturated carbocycles. The maximum absolute atomic E-state index is 12.6. The fourth-order valence-electron chi connectivity index (χ4n) is 2.94. The number of carbonyl (C=O) groups excluding carboxylic acids is 1. The number of methoxy groups -OCH3 is 1. The third-order valence-electron chi connectivity index (χ3n) is 4.52. The quantitative estimate of drug-likeness (QED) is 0.513. The van der Waals surface area contributed by atoms with E-state index < -0.39 is 6.10 Å². The van der Waals surface area contributed by atoms with E-state index in [9.17, 15) is 4.79 Å². The first-order valence-corrected chi connectivity index (χ1v) is 10.3. The molecule has 0 aromatic heterocycles. The van der Waals surface area contributed by atoms with Crippen LogP contribution in [0.2, 0.25) is 5.02 Å². The predicted octanol–water partition coefficient (Wildman–Crippen LogP) is 3.67. The second-order valence-electron chi connectivity index (χ2n) is 6.69. The van der Waals surface area contributed by atoms with Crippen LogP contribution in [0.1, 0.15) is 17.5 Å². The van der Waals surface area contributed by atoms with Crippen LogP contribution < -0.4 is 14.8 Å². The first kappa shape index (κ1) is 24.2. The molecule has 1 atom stereocenters. The van der Waals surface area contributed by atoms with Gasteiger partial charge in [-0.3, -0.25) is 4.79 Å². The van der Waals surface area contributed by atoms with Gasteiger partial charge in [-0.25, -0.2) is 0 Å². The zero-order valence-electron chi connectivity index (χ0n) is 17.5. The summed E-state index contributed by atoms with van der Waals surface area (Å²) in [6.45, 7) is 0.694. The maximum atomic E-state index is 12.6. The number of benzene rings is 2. The van der Waals surface area contributed by atoms with Crippen LogP contribution >= 0.6 is 11.6 Å². The van der Waals surface area contributed by atoms with Crippen LogP contribution in [0.4, 0.5) is 0 Å². The fourth-order valence-corrected chi connectivity index (χ4v) is 3.06. The van der Waals surface area contributed by atoms with Crippen molar-refractivity contribution in [3.05, 3.63) is 58.6 Å². The molecule has 0 fully saturated rings. The standard InChI is InChI=1S/C25H26ClNO4/c1-4-16-30-22-12-9-20(18-24(22)29-3)14-15-27-25(28)23(31-17-5-2)13-8-19-6-10-21(26)11-7-19/h1-2,6-7,9-12,18,23H,8,13-17H2,3H3,(H,27,28). The molecule has 0 saturated heterocycles. The third kappa shape index (κ3) is 8.26. The largest absolute Gasteiger partial charge is 0.493 e. The van der Waals surface area contributed by atoms with E-state index in [0.29, 0.717) is 42.3 Å². The molecule has 0 aliphatic rings. The molecule has 1 amide bonds. The molecule has 0 spiro atoms. The normalized spacial score (nSPS) is 11.1. The molecular weight excluding hydrogens is 414 g/mol. The lowest BCUT2D eigenvalue weighted by Crippen LogP contribution is -2.38. The van der Waals surface area contributed by atoms with Gasteiger partial charge in [-0.2, -0.15) is 0 Å². The smallest absolute Gasteiger partial charge is 0.249 e. The van der Waals surface area contributed by atoms with E-state index in [1.165, 1.54) is 0 Å². The van der Waals surface area contributed by atoms with Crippen LogP contribution in [0, 0.1) is 24.7 Å². The third-order valence-corrected chi connectivity index (χ3v) is 4.77. The van der Waals surface area contributed by atoms with E-state index in [4.69, 9.17) is 38.7 Å². The second kappa shape index (κ2) is 13.2.